The summed E-state index contributed by atoms with van der Waals surface area (Å²) < 4.78 is 7.79. The summed E-state index contributed by atoms with van der Waals surface area (Å²) in [6.45, 7) is 1.89. The molecule has 3 aromatic heterocycles. The van der Waals surface area contributed by atoms with Gasteiger partial charge in [0, 0.05) is 36.0 Å². The van der Waals surface area contributed by atoms with Gasteiger partial charge >= 0.3 is 0 Å². The molecule has 0 aliphatic carbocycles. The Balaban J connectivity index is 1.33. The maximum absolute atomic E-state index is 12.9. The smallest absolute Gasteiger partial charge is 0.170 e. The van der Waals surface area contributed by atoms with E-state index < -0.39 is 0 Å². The van der Waals surface area contributed by atoms with Crippen molar-refractivity contribution in [2.75, 3.05) is 13.1 Å². The molecule has 32 heavy (non-hydrogen) atoms. The third kappa shape index (κ3) is 4.50. The lowest BCUT2D eigenvalue weighted by Crippen LogP contribution is -2.34. The van der Waals surface area contributed by atoms with Crippen molar-refractivity contribution in [3.63, 3.8) is 0 Å². The Morgan fingerprint density at radius 2 is 1.97 bits per heavy atom. The Morgan fingerprint density at radius 3 is 2.78 bits per heavy atom. The van der Waals surface area contributed by atoms with E-state index in [2.05, 4.69) is 25.6 Å². The van der Waals surface area contributed by atoms with Crippen LogP contribution in [0.5, 0.6) is 5.75 Å². The van der Waals surface area contributed by atoms with Crippen LogP contribution in [-0.4, -0.2) is 49.9 Å². The highest BCUT2D eigenvalue weighted by atomic mass is 16.5. The molecule has 0 spiro atoms. The summed E-state index contributed by atoms with van der Waals surface area (Å²) in [4.78, 5) is 17.1. The lowest BCUT2D eigenvalue weighted by atomic mass is 10.0. The fourth-order valence-corrected chi connectivity index (χ4v) is 3.93. The first-order chi connectivity index (χ1) is 15.6. The van der Waals surface area contributed by atoms with Gasteiger partial charge in [0.15, 0.2) is 5.78 Å². The molecule has 4 aromatic rings. The number of fused-ring (bicyclic) bond motifs is 1. The molecule has 0 bridgehead atoms. The molecule has 0 amide bonds. The molecular weight excluding hydrogens is 404 g/mol. The predicted molar refractivity (Wildman–Crippen MR) is 121 cm³/mol. The molecule has 5 rings (SSSR count). The number of hydrogen-bond donors (Lipinski definition) is 1. The zero-order valence-electron chi connectivity index (χ0n) is 17.9. The van der Waals surface area contributed by atoms with Crippen LogP contribution in [0.4, 0.5) is 0 Å². The molecule has 8 nitrogen and oxygen atoms in total. The summed E-state index contributed by atoms with van der Waals surface area (Å²) in [5.74, 6) is 0.568. The van der Waals surface area contributed by atoms with Crippen LogP contribution in [0.2, 0.25) is 0 Å². The Bertz CT molecular complexity index is 1260. The quantitative estimate of drug-likeness (QED) is 0.472. The fraction of sp³-hybridized carbons (Fsp3) is 0.292. The molecule has 1 aliphatic heterocycles. The van der Waals surface area contributed by atoms with Crippen LogP contribution in [0.15, 0.2) is 55.1 Å². The number of carbonyl (C=O) groups excluding carboxylic acids is 1. The van der Waals surface area contributed by atoms with Gasteiger partial charge in [0.05, 0.1) is 30.0 Å². The van der Waals surface area contributed by atoms with Crippen LogP contribution in [0.25, 0.3) is 22.0 Å². The van der Waals surface area contributed by atoms with E-state index in [1.165, 1.54) is 0 Å². The van der Waals surface area contributed by atoms with E-state index in [0.717, 1.165) is 48.0 Å². The SMILES string of the molecule is Cn1cc(-c2ccc3nnc(CC(=O)c4cncc(OC5CCNCC5)c4)cc3c2)cn1. The van der Waals surface area contributed by atoms with Gasteiger partial charge in [-0.25, -0.2) is 0 Å². The van der Waals surface area contributed by atoms with E-state index in [-0.39, 0.29) is 18.3 Å². The van der Waals surface area contributed by atoms with Crippen LogP contribution in [0, 0.1) is 0 Å². The predicted octanol–water partition coefficient (Wildman–Crippen LogP) is 2.98. The number of pyridine rings is 1. The minimum absolute atomic E-state index is 0.0645. The first-order valence-corrected chi connectivity index (χ1v) is 10.7. The van der Waals surface area contributed by atoms with E-state index >= 15 is 0 Å². The summed E-state index contributed by atoms with van der Waals surface area (Å²) in [7, 11) is 1.89. The van der Waals surface area contributed by atoms with Gasteiger partial charge < -0.3 is 10.1 Å². The lowest BCUT2D eigenvalue weighted by Gasteiger charge is -2.23. The monoisotopic (exact) mass is 428 g/mol. The van der Waals surface area contributed by atoms with Crippen molar-refractivity contribution in [3.05, 3.63) is 66.4 Å². The highest BCUT2D eigenvalue weighted by Crippen LogP contribution is 2.24. The number of piperidine rings is 1. The second-order valence-electron chi connectivity index (χ2n) is 8.09. The van der Waals surface area contributed by atoms with E-state index in [4.69, 9.17) is 4.74 Å². The number of benzene rings is 1. The Hall–Kier alpha value is -3.65. The topological polar surface area (TPSA) is 94.8 Å². The van der Waals surface area contributed by atoms with Crippen molar-refractivity contribution in [1.29, 1.82) is 0 Å². The highest BCUT2D eigenvalue weighted by molar-refractivity contribution is 5.97. The van der Waals surface area contributed by atoms with Crippen LogP contribution >= 0.6 is 0 Å². The molecule has 0 radical (unpaired) electrons. The molecule has 1 aromatic carbocycles. The first kappa shape index (κ1) is 20.3. The third-order valence-electron chi connectivity index (χ3n) is 5.64. The molecule has 8 heteroatoms. The summed E-state index contributed by atoms with van der Waals surface area (Å²) in [6.07, 6.45) is 9.24. The van der Waals surface area contributed by atoms with Crippen LogP contribution in [-0.2, 0) is 13.5 Å². The first-order valence-electron chi connectivity index (χ1n) is 10.7. The average Bonchev–Trinajstić information content (AvgIpc) is 3.26. The van der Waals surface area contributed by atoms with Gasteiger partial charge in [-0.05, 0) is 55.8 Å². The Morgan fingerprint density at radius 1 is 1.09 bits per heavy atom. The summed E-state index contributed by atoms with van der Waals surface area (Å²) >= 11 is 0. The molecule has 1 saturated heterocycles. The lowest BCUT2D eigenvalue weighted by molar-refractivity contribution is 0.0990. The second-order valence-corrected chi connectivity index (χ2v) is 8.09. The van der Waals surface area contributed by atoms with E-state index in [0.29, 0.717) is 17.0 Å². The molecule has 4 heterocycles. The third-order valence-corrected chi connectivity index (χ3v) is 5.64. The number of Topliss-reactive ketones (excluding diaryl/α,β-unsaturated/α-hetero) is 1. The maximum atomic E-state index is 12.9. The Kier molecular flexibility index (Phi) is 5.60. The minimum atomic E-state index is -0.0645. The van der Waals surface area contributed by atoms with Crippen molar-refractivity contribution in [2.24, 2.45) is 7.05 Å². The maximum Gasteiger partial charge on any atom is 0.170 e. The molecule has 0 unspecified atom stereocenters. The summed E-state index contributed by atoms with van der Waals surface area (Å²) in [6, 6.07) is 9.67. The zero-order chi connectivity index (χ0) is 21.9. The number of ketones is 1. The fourth-order valence-electron chi connectivity index (χ4n) is 3.93. The van der Waals surface area contributed by atoms with Gasteiger partial charge in [-0.3, -0.25) is 14.5 Å². The number of nitrogens with one attached hydrogen (secondary N) is 1. The standard InChI is InChI=1S/C24H24N6O2/c1-30-15-19(13-27-30)16-2-3-23-17(8-16)9-20(28-29-23)11-24(31)18-10-22(14-26-12-18)32-21-4-6-25-7-5-21/h2-3,8-10,12-15,21,25H,4-7,11H2,1H3. The number of aromatic nitrogens is 5. The largest absolute Gasteiger partial charge is 0.489 e. The number of carbonyl (C=O) groups is 1. The normalized spacial score (nSPS) is 14.5. The van der Waals surface area contributed by atoms with Crippen molar-refractivity contribution in [1.82, 2.24) is 30.3 Å². The van der Waals surface area contributed by atoms with E-state index in [1.807, 2.05) is 43.7 Å². The molecule has 1 aliphatic rings. The van der Waals surface area contributed by atoms with Crippen molar-refractivity contribution in [2.45, 2.75) is 25.4 Å². The molecule has 0 saturated carbocycles. The second kappa shape index (κ2) is 8.84. The van der Waals surface area contributed by atoms with Gasteiger partial charge in [-0.2, -0.15) is 15.3 Å². The number of ether oxygens (including phenoxy) is 1. The minimum Gasteiger partial charge on any atom is -0.489 e. The van der Waals surface area contributed by atoms with Crippen molar-refractivity contribution in [3.8, 4) is 16.9 Å². The highest BCUT2D eigenvalue weighted by Gasteiger charge is 2.16. The van der Waals surface area contributed by atoms with Gasteiger partial charge in [0.1, 0.15) is 11.9 Å². The molecular formula is C24H24N6O2. The van der Waals surface area contributed by atoms with Crippen molar-refractivity contribution >= 4 is 16.7 Å². The summed E-state index contributed by atoms with van der Waals surface area (Å²) in [5.41, 5.74) is 3.99. The molecule has 0 atom stereocenters. The van der Waals surface area contributed by atoms with E-state index in [1.54, 1.807) is 23.1 Å². The van der Waals surface area contributed by atoms with Gasteiger partial charge in [0.2, 0.25) is 0 Å². The van der Waals surface area contributed by atoms with Crippen LogP contribution < -0.4 is 10.1 Å². The van der Waals surface area contributed by atoms with Crippen LogP contribution in [0.1, 0.15) is 28.9 Å². The van der Waals surface area contributed by atoms with Gasteiger partial charge in [0.25, 0.3) is 0 Å². The Labute approximate surface area is 185 Å². The molecule has 162 valence electrons. The van der Waals surface area contributed by atoms with Gasteiger partial charge in [-0.1, -0.05) is 6.07 Å². The number of nitrogens with zero attached hydrogens (tertiary/aromatic N) is 5. The number of rotatable bonds is 6. The van der Waals surface area contributed by atoms with E-state index in [9.17, 15) is 4.79 Å². The number of hydrogen-bond acceptors (Lipinski definition) is 7. The molecule has 1 fully saturated rings. The van der Waals surface area contributed by atoms with Crippen molar-refractivity contribution < 1.29 is 9.53 Å². The average molecular weight is 428 g/mol. The zero-order valence-corrected chi connectivity index (χ0v) is 17.9. The summed E-state index contributed by atoms with van der Waals surface area (Å²) in [5, 5.41) is 17.0. The van der Waals surface area contributed by atoms with Crippen LogP contribution in [0.3, 0.4) is 0 Å². The van der Waals surface area contributed by atoms with Gasteiger partial charge in [-0.15, -0.1) is 0 Å². The molecule has 1 N–H and O–H groups in total. The number of aryl methyl sites for hydroxylation is 1.